The van der Waals surface area contributed by atoms with Crippen LogP contribution in [0.3, 0.4) is 0 Å². The van der Waals surface area contributed by atoms with E-state index in [1.807, 2.05) is 50.2 Å². The van der Waals surface area contributed by atoms with E-state index in [4.69, 9.17) is 14.2 Å². The number of para-hydroxylation sites is 2. The van der Waals surface area contributed by atoms with Gasteiger partial charge < -0.3 is 19.5 Å². The van der Waals surface area contributed by atoms with Crippen LogP contribution in [0.1, 0.15) is 43.1 Å². The molecule has 0 bridgehead atoms. The van der Waals surface area contributed by atoms with Gasteiger partial charge in [0, 0.05) is 17.7 Å². The highest BCUT2D eigenvalue weighted by Crippen LogP contribution is 2.26. The first-order chi connectivity index (χ1) is 12.7. The minimum atomic E-state index is -0.197. The van der Waals surface area contributed by atoms with Gasteiger partial charge in [0.2, 0.25) is 0 Å². The molecule has 2 rings (SSSR count). The molecular weight excluding hydrogens is 330 g/mol. The van der Waals surface area contributed by atoms with Gasteiger partial charge in [-0.15, -0.1) is 0 Å². The third-order valence-electron chi connectivity index (χ3n) is 3.66. The maximum absolute atomic E-state index is 12.7. The Morgan fingerprint density at radius 1 is 0.962 bits per heavy atom. The molecule has 0 saturated carbocycles. The molecule has 140 valence electrons. The van der Waals surface area contributed by atoms with Crippen LogP contribution in [-0.2, 0) is 11.3 Å². The average molecular weight is 357 g/mol. The van der Waals surface area contributed by atoms with E-state index in [2.05, 4.69) is 12.2 Å². The molecule has 0 unspecified atom stereocenters. The number of carbonyl (C=O) groups excluding carboxylic acids is 1. The molecule has 26 heavy (non-hydrogen) atoms. The quantitative estimate of drug-likeness (QED) is 0.628. The Bertz CT molecular complexity index is 715. The Balaban J connectivity index is 2.19. The topological polar surface area (TPSA) is 56.8 Å². The number of hydrogen-bond donors (Lipinski definition) is 1. The van der Waals surface area contributed by atoms with Crippen LogP contribution in [-0.4, -0.2) is 25.7 Å². The summed E-state index contributed by atoms with van der Waals surface area (Å²) >= 11 is 0. The third kappa shape index (κ3) is 5.49. The fourth-order valence-corrected chi connectivity index (χ4v) is 2.50. The fraction of sp³-hybridized carbons (Fsp3) is 0.381. The first kappa shape index (κ1) is 19.8. The molecule has 1 amide bonds. The highest BCUT2D eigenvalue weighted by Gasteiger charge is 2.13. The number of anilines is 1. The van der Waals surface area contributed by atoms with Gasteiger partial charge in [-0.1, -0.05) is 19.1 Å². The highest BCUT2D eigenvalue weighted by atomic mass is 16.5. The van der Waals surface area contributed by atoms with Gasteiger partial charge in [-0.05, 0) is 50.6 Å². The van der Waals surface area contributed by atoms with Gasteiger partial charge in [-0.3, -0.25) is 4.79 Å². The van der Waals surface area contributed by atoms with Crippen LogP contribution in [0.2, 0.25) is 0 Å². The van der Waals surface area contributed by atoms with Crippen molar-refractivity contribution in [2.45, 2.75) is 33.8 Å². The minimum Gasteiger partial charge on any atom is -0.494 e. The minimum absolute atomic E-state index is 0.197. The van der Waals surface area contributed by atoms with Crippen LogP contribution in [0, 0.1) is 0 Å². The average Bonchev–Trinajstić information content (AvgIpc) is 2.65. The van der Waals surface area contributed by atoms with Gasteiger partial charge in [0.05, 0.1) is 25.5 Å². The monoisotopic (exact) mass is 357 g/mol. The van der Waals surface area contributed by atoms with Crippen LogP contribution >= 0.6 is 0 Å². The Labute approximate surface area is 155 Å². The molecule has 0 aromatic heterocycles. The summed E-state index contributed by atoms with van der Waals surface area (Å²) in [5, 5.41) is 2.91. The van der Waals surface area contributed by atoms with Gasteiger partial charge in [0.1, 0.15) is 11.5 Å². The molecule has 0 heterocycles. The number of amides is 1. The van der Waals surface area contributed by atoms with Crippen LogP contribution in [0.25, 0.3) is 0 Å². The lowest BCUT2D eigenvalue weighted by Gasteiger charge is -2.14. The maximum Gasteiger partial charge on any atom is 0.255 e. The number of ether oxygens (including phenoxy) is 3. The number of nitrogens with one attached hydrogen (secondary N) is 1. The normalized spacial score (nSPS) is 10.4. The molecule has 5 heteroatoms. The van der Waals surface area contributed by atoms with Crippen molar-refractivity contribution in [3.05, 3.63) is 53.6 Å². The zero-order valence-corrected chi connectivity index (χ0v) is 15.7. The predicted octanol–water partition coefficient (Wildman–Crippen LogP) is 4.66. The zero-order valence-electron chi connectivity index (χ0n) is 15.7. The van der Waals surface area contributed by atoms with Crippen molar-refractivity contribution < 1.29 is 19.0 Å². The maximum atomic E-state index is 12.7. The second-order valence-electron chi connectivity index (χ2n) is 5.69. The third-order valence-corrected chi connectivity index (χ3v) is 3.66. The van der Waals surface area contributed by atoms with E-state index in [1.165, 1.54) is 0 Å². The molecule has 1 N–H and O–H groups in total. The van der Waals surface area contributed by atoms with Crippen LogP contribution in [0.5, 0.6) is 11.5 Å². The SMILES string of the molecule is CCCOCc1cc(C(=O)Nc2ccccc2OCC)ccc1OCC. The lowest BCUT2D eigenvalue weighted by molar-refractivity contribution is 0.102. The zero-order chi connectivity index (χ0) is 18.8. The summed E-state index contributed by atoms with van der Waals surface area (Å²) in [7, 11) is 0. The van der Waals surface area contributed by atoms with Gasteiger partial charge in [0.25, 0.3) is 5.91 Å². The van der Waals surface area contributed by atoms with E-state index in [0.717, 1.165) is 17.7 Å². The van der Waals surface area contributed by atoms with Crippen molar-refractivity contribution in [1.29, 1.82) is 0 Å². The molecule has 0 aliphatic carbocycles. The molecule has 0 aliphatic heterocycles. The van der Waals surface area contributed by atoms with E-state index in [1.54, 1.807) is 6.07 Å². The van der Waals surface area contributed by atoms with Crippen LogP contribution in [0.4, 0.5) is 5.69 Å². The van der Waals surface area contributed by atoms with E-state index < -0.39 is 0 Å². The Morgan fingerprint density at radius 2 is 1.69 bits per heavy atom. The van der Waals surface area contributed by atoms with Crippen molar-refractivity contribution in [3.63, 3.8) is 0 Å². The number of hydrogen-bond acceptors (Lipinski definition) is 4. The highest BCUT2D eigenvalue weighted by molar-refractivity contribution is 6.05. The second kappa shape index (κ2) is 10.5. The summed E-state index contributed by atoms with van der Waals surface area (Å²) in [6.45, 7) is 8.09. The molecule has 2 aromatic rings. The molecule has 0 aliphatic rings. The molecule has 2 aromatic carbocycles. The Morgan fingerprint density at radius 3 is 2.42 bits per heavy atom. The van der Waals surface area contributed by atoms with E-state index in [0.29, 0.717) is 43.4 Å². The van der Waals surface area contributed by atoms with Gasteiger partial charge in [0.15, 0.2) is 0 Å². The molecule has 0 fully saturated rings. The van der Waals surface area contributed by atoms with Crippen molar-refractivity contribution >= 4 is 11.6 Å². The molecule has 0 radical (unpaired) electrons. The van der Waals surface area contributed by atoms with E-state index in [9.17, 15) is 4.79 Å². The summed E-state index contributed by atoms with van der Waals surface area (Å²) in [4.78, 5) is 12.7. The van der Waals surface area contributed by atoms with Gasteiger partial charge in [-0.25, -0.2) is 0 Å². The van der Waals surface area contributed by atoms with Gasteiger partial charge in [-0.2, -0.15) is 0 Å². The summed E-state index contributed by atoms with van der Waals surface area (Å²) in [6, 6.07) is 12.8. The van der Waals surface area contributed by atoms with Crippen molar-refractivity contribution in [3.8, 4) is 11.5 Å². The van der Waals surface area contributed by atoms with Crippen molar-refractivity contribution in [1.82, 2.24) is 0 Å². The van der Waals surface area contributed by atoms with E-state index in [-0.39, 0.29) is 5.91 Å². The first-order valence-corrected chi connectivity index (χ1v) is 9.06. The first-order valence-electron chi connectivity index (χ1n) is 9.06. The number of carbonyl (C=O) groups is 1. The summed E-state index contributed by atoms with van der Waals surface area (Å²) < 4.78 is 16.8. The standard InChI is InChI=1S/C21H27NO4/c1-4-13-24-15-17-14-16(11-12-19(17)25-5-2)21(23)22-18-9-7-8-10-20(18)26-6-3/h7-12,14H,4-6,13,15H2,1-3H3,(H,22,23). The van der Waals surface area contributed by atoms with Crippen LogP contribution < -0.4 is 14.8 Å². The van der Waals surface area contributed by atoms with Crippen molar-refractivity contribution in [2.75, 3.05) is 25.1 Å². The van der Waals surface area contributed by atoms with Crippen LogP contribution in [0.15, 0.2) is 42.5 Å². The second-order valence-corrected chi connectivity index (χ2v) is 5.69. The van der Waals surface area contributed by atoms with Gasteiger partial charge >= 0.3 is 0 Å². The van der Waals surface area contributed by atoms with Crippen molar-refractivity contribution in [2.24, 2.45) is 0 Å². The fourth-order valence-electron chi connectivity index (χ4n) is 2.50. The van der Waals surface area contributed by atoms with E-state index >= 15 is 0 Å². The molecule has 0 spiro atoms. The smallest absolute Gasteiger partial charge is 0.255 e. The predicted molar refractivity (Wildman–Crippen MR) is 103 cm³/mol. The molecular formula is C21H27NO4. The largest absolute Gasteiger partial charge is 0.494 e. The lowest BCUT2D eigenvalue weighted by atomic mass is 10.1. The lowest BCUT2D eigenvalue weighted by Crippen LogP contribution is -2.14. The molecule has 0 atom stereocenters. The Hall–Kier alpha value is -2.53. The molecule has 5 nitrogen and oxygen atoms in total. The Kier molecular flexibility index (Phi) is 7.96. The summed E-state index contributed by atoms with van der Waals surface area (Å²) in [5.74, 6) is 1.20. The molecule has 0 saturated heterocycles. The number of rotatable bonds is 10. The summed E-state index contributed by atoms with van der Waals surface area (Å²) in [5.41, 5.74) is 2.07. The summed E-state index contributed by atoms with van der Waals surface area (Å²) in [6.07, 6.45) is 0.943. The number of benzene rings is 2.